The van der Waals surface area contributed by atoms with Crippen molar-refractivity contribution < 1.29 is 5.11 Å². The number of hydrogen-bond donors (Lipinski definition) is 1. The van der Waals surface area contributed by atoms with Crippen LogP contribution in [-0.4, -0.2) is 15.1 Å². The Labute approximate surface area is 105 Å². The number of aryl methyl sites for hydroxylation is 1. The largest absolute Gasteiger partial charge is 0.386 e. The molecule has 1 N–H and O–H groups in total. The van der Waals surface area contributed by atoms with Gasteiger partial charge in [-0.1, -0.05) is 23.7 Å². The van der Waals surface area contributed by atoms with Crippen LogP contribution in [0.25, 0.3) is 0 Å². The van der Waals surface area contributed by atoms with Gasteiger partial charge in [-0.05, 0) is 30.7 Å². The van der Waals surface area contributed by atoms with Gasteiger partial charge in [0.2, 0.25) is 0 Å². The lowest BCUT2D eigenvalue weighted by atomic mass is 10.1. The Balaban J connectivity index is 2.11. The molecule has 2 aromatic rings. The van der Waals surface area contributed by atoms with Crippen LogP contribution in [0.1, 0.15) is 23.2 Å². The SMILES string of the molecule is Cc1nccc(C(O)Cc2ccc(Cl)cc2)n1. The number of aliphatic hydroxyl groups is 1. The summed E-state index contributed by atoms with van der Waals surface area (Å²) >= 11 is 5.80. The Bertz CT molecular complexity index is 499. The zero-order chi connectivity index (χ0) is 12.3. The first-order chi connectivity index (χ1) is 8.15. The van der Waals surface area contributed by atoms with Crippen molar-refractivity contribution in [1.29, 1.82) is 0 Å². The Morgan fingerprint density at radius 2 is 1.94 bits per heavy atom. The standard InChI is InChI=1S/C13H13ClN2O/c1-9-15-7-6-12(16-9)13(17)8-10-2-4-11(14)5-3-10/h2-7,13,17H,8H2,1H3. The highest BCUT2D eigenvalue weighted by molar-refractivity contribution is 6.30. The van der Waals surface area contributed by atoms with E-state index in [1.807, 2.05) is 24.3 Å². The molecule has 1 aromatic carbocycles. The van der Waals surface area contributed by atoms with Crippen LogP contribution in [0.15, 0.2) is 36.5 Å². The lowest BCUT2D eigenvalue weighted by molar-refractivity contribution is 0.173. The topological polar surface area (TPSA) is 46.0 Å². The molecule has 0 saturated heterocycles. The fraction of sp³-hybridized carbons (Fsp3) is 0.231. The molecule has 0 spiro atoms. The fourth-order valence-electron chi connectivity index (χ4n) is 1.61. The first-order valence-corrected chi connectivity index (χ1v) is 5.75. The van der Waals surface area contributed by atoms with E-state index in [0.717, 1.165) is 5.56 Å². The van der Waals surface area contributed by atoms with Crippen molar-refractivity contribution in [3.8, 4) is 0 Å². The van der Waals surface area contributed by atoms with Crippen LogP contribution in [0.4, 0.5) is 0 Å². The Hall–Kier alpha value is -1.45. The van der Waals surface area contributed by atoms with E-state index in [1.165, 1.54) is 0 Å². The summed E-state index contributed by atoms with van der Waals surface area (Å²) in [4.78, 5) is 8.20. The van der Waals surface area contributed by atoms with E-state index in [-0.39, 0.29) is 0 Å². The molecule has 0 saturated carbocycles. The monoisotopic (exact) mass is 248 g/mol. The molecule has 3 nitrogen and oxygen atoms in total. The molecule has 1 atom stereocenters. The quantitative estimate of drug-likeness (QED) is 0.909. The number of aliphatic hydroxyl groups excluding tert-OH is 1. The van der Waals surface area contributed by atoms with E-state index in [2.05, 4.69) is 9.97 Å². The minimum absolute atomic E-state index is 0.521. The second kappa shape index (κ2) is 5.25. The van der Waals surface area contributed by atoms with Gasteiger partial charge in [-0.2, -0.15) is 0 Å². The molecular weight excluding hydrogens is 236 g/mol. The smallest absolute Gasteiger partial charge is 0.125 e. The van der Waals surface area contributed by atoms with E-state index < -0.39 is 6.10 Å². The van der Waals surface area contributed by atoms with Crippen molar-refractivity contribution in [3.05, 3.63) is 58.6 Å². The normalized spacial score (nSPS) is 12.4. The minimum atomic E-state index is -0.613. The van der Waals surface area contributed by atoms with E-state index in [0.29, 0.717) is 23.0 Å². The van der Waals surface area contributed by atoms with Crippen LogP contribution in [0.5, 0.6) is 0 Å². The maximum atomic E-state index is 10.0. The second-order valence-electron chi connectivity index (χ2n) is 3.88. The van der Waals surface area contributed by atoms with Crippen LogP contribution in [-0.2, 0) is 6.42 Å². The number of nitrogens with zero attached hydrogens (tertiary/aromatic N) is 2. The van der Waals surface area contributed by atoms with Gasteiger partial charge in [0, 0.05) is 17.6 Å². The summed E-state index contributed by atoms with van der Waals surface area (Å²) in [7, 11) is 0. The van der Waals surface area contributed by atoms with Crippen LogP contribution in [0, 0.1) is 6.92 Å². The van der Waals surface area contributed by atoms with Gasteiger partial charge in [0.15, 0.2) is 0 Å². The van der Waals surface area contributed by atoms with E-state index in [4.69, 9.17) is 11.6 Å². The molecule has 4 heteroatoms. The maximum Gasteiger partial charge on any atom is 0.125 e. The lowest BCUT2D eigenvalue weighted by Gasteiger charge is -2.10. The van der Waals surface area contributed by atoms with Crippen molar-refractivity contribution in [2.24, 2.45) is 0 Å². The minimum Gasteiger partial charge on any atom is -0.386 e. The summed E-state index contributed by atoms with van der Waals surface area (Å²) in [6, 6.07) is 9.16. The summed E-state index contributed by atoms with van der Waals surface area (Å²) in [5.41, 5.74) is 1.67. The number of halogens is 1. The van der Waals surface area contributed by atoms with Gasteiger partial charge in [0.1, 0.15) is 11.9 Å². The molecule has 0 fully saturated rings. The van der Waals surface area contributed by atoms with Crippen molar-refractivity contribution in [1.82, 2.24) is 9.97 Å². The molecule has 17 heavy (non-hydrogen) atoms. The molecule has 88 valence electrons. The molecule has 0 aliphatic carbocycles. The van der Waals surface area contributed by atoms with Gasteiger partial charge < -0.3 is 5.11 Å². The third-order valence-corrected chi connectivity index (χ3v) is 2.73. The zero-order valence-corrected chi connectivity index (χ0v) is 10.2. The van der Waals surface area contributed by atoms with Crippen LogP contribution in [0.2, 0.25) is 5.02 Å². The summed E-state index contributed by atoms with van der Waals surface area (Å²) in [5, 5.41) is 10.7. The average molecular weight is 249 g/mol. The molecule has 1 unspecified atom stereocenters. The van der Waals surface area contributed by atoms with E-state index in [1.54, 1.807) is 19.2 Å². The summed E-state index contributed by atoms with van der Waals surface area (Å²) < 4.78 is 0. The van der Waals surface area contributed by atoms with Crippen molar-refractivity contribution in [2.45, 2.75) is 19.4 Å². The summed E-state index contributed by atoms with van der Waals surface area (Å²) in [6.45, 7) is 1.80. The average Bonchev–Trinajstić information content (AvgIpc) is 2.32. The Morgan fingerprint density at radius 3 is 2.59 bits per heavy atom. The van der Waals surface area contributed by atoms with Crippen LogP contribution < -0.4 is 0 Å². The fourth-order valence-corrected chi connectivity index (χ4v) is 1.73. The summed E-state index contributed by atoms with van der Waals surface area (Å²) in [5.74, 6) is 0.664. The Kier molecular flexibility index (Phi) is 3.71. The van der Waals surface area contributed by atoms with Gasteiger partial charge in [-0.3, -0.25) is 0 Å². The van der Waals surface area contributed by atoms with Crippen LogP contribution >= 0.6 is 11.6 Å². The highest BCUT2D eigenvalue weighted by atomic mass is 35.5. The summed E-state index contributed by atoms with van der Waals surface area (Å²) in [6.07, 6.45) is 1.56. The highest BCUT2D eigenvalue weighted by Crippen LogP contribution is 2.17. The molecule has 2 rings (SSSR count). The van der Waals surface area contributed by atoms with Crippen molar-refractivity contribution in [3.63, 3.8) is 0 Å². The third kappa shape index (κ3) is 3.25. The Morgan fingerprint density at radius 1 is 1.24 bits per heavy atom. The number of aromatic nitrogens is 2. The van der Waals surface area contributed by atoms with Crippen LogP contribution in [0.3, 0.4) is 0 Å². The maximum absolute atomic E-state index is 10.0. The number of rotatable bonds is 3. The predicted molar refractivity (Wildman–Crippen MR) is 66.9 cm³/mol. The predicted octanol–water partition coefficient (Wildman–Crippen LogP) is 2.71. The van der Waals surface area contributed by atoms with Gasteiger partial charge >= 0.3 is 0 Å². The van der Waals surface area contributed by atoms with E-state index >= 15 is 0 Å². The molecule has 1 aromatic heterocycles. The van der Waals surface area contributed by atoms with Gasteiger partial charge in [-0.15, -0.1) is 0 Å². The lowest BCUT2D eigenvalue weighted by Crippen LogP contribution is -2.05. The van der Waals surface area contributed by atoms with Gasteiger partial charge in [-0.25, -0.2) is 9.97 Å². The third-order valence-electron chi connectivity index (χ3n) is 2.48. The van der Waals surface area contributed by atoms with Gasteiger partial charge in [0.05, 0.1) is 5.69 Å². The molecule has 0 radical (unpaired) electrons. The molecule has 0 amide bonds. The van der Waals surface area contributed by atoms with E-state index in [9.17, 15) is 5.11 Å². The number of benzene rings is 1. The molecule has 1 heterocycles. The van der Waals surface area contributed by atoms with Crippen molar-refractivity contribution in [2.75, 3.05) is 0 Å². The van der Waals surface area contributed by atoms with Gasteiger partial charge in [0.25, 0.3) is 0 Å². The molecular formula is C13H13ClN2O. The highest BCUT2D eigenvalue weighted by Gasteiger charge is 2.10. The van der Waals surface area contributed by atoms with Crippen molar-refractivity contribution >= 4 is 11.6 Å². The second-order valence-corrected chi connectivity index (χ2v) is 4.31. The first-order valence-electron chi connectivity index (χ1n) is 5.37. The molecule has 0 aliphatic heterocycles. The molecule has 0 bridgehead atoms. The zero-order valence-electron chi connectivity index (χ0n) is 9.47. The number of hydrogen-bond acceptors (Lipinski definition) is 3. The molecule has 0 aliphatic rings. The first kappa shape index (κ1) is 12.0.